The summed E-state index contributed by atoms with van der Waals surface area (Å²) < 4.78 is 5.65. The fourth-order valence-electron chi connectivity index (χ4n) is 3.59. The molecule has 1 spiro atoms. The van der Waals surface area contributed by atoms with Crippen LogP contribution in [-0.4, -0.2) is 35.2 Å². The molecule has 1 aromatic carbocycles. The number of ether oxygens (including phenoxy) is 1. The van der Waals surface area contributed by atoms with Gasteiger partial charge in [0.1, 0.15) is 5.60 Å². The highest BCUT2D eigenvalue weighted by Gasteiger charge is 2.45. The molecule has 1 saturated heterocycles. The average Bonchev–Trinajstić information content (AvgIpc) is 2.45. The maximum atomic E-state index is 12.7. The summed E-state index contributed by atoms with van der Waals surface area (Å²) in [5.74, 6) is 0. The molecule has 0 radical (unpaired) electrons. The number of carbonyl (C=O) groups is 1. The third-order valence-corrected chi connectivity index (χ3v) is 4.61. The van der Waals surface area contributed by atoms with E-state index in [9.17, 15) is 4.79 Å². The minimum absolute atomic E-state index is 0.144. The Bertz CT molecular complexity index is 564. The lowest BCUT2D eigenvalue weighted by Gasteiger charge is -2.49. The van der Waals surface area contributed by atoms with Gasteiger partial charge in [0, 0.05) is 18.8 Å². The number of hydrogen-bond donors (Lipinski definition) is 1. The number of nitrogens with one attached hydrogen (secondary N) is 1. The van der Waals surface area contributed by atoms with Gasteiger partial charge in [-0.15, -0.1) is 0 Å². The summed E-state index contributed by atoms with van der Waals surface area (Å²) in [6.07, 6.45) is 4.00. The zero-order valence-corrected chi connectivity index (χ0v) is 13.8. The average molecular weight is 302 g/mol. The Morgan fingerprint density at radius 2 is 2.05 bits per heavy atom. The molecule has 3 rings (SSSR count). The van der Waals surface area contributed by atoms with Gasteiger partial charge in [-0.1, -0.05) is 18.2 Å². The number of piperidine rings is 1. The van der Waals surface area contributed by atoms with E-state index in [1.165, 1.54) is 17.7 Å². The van der Waals surface area contributed by atoms with Crippen molar-refractivity contribution in [2.75, 3.05) is 18.4 Å². The van der Waals surface area contributed by atoms with Crippen LogP contribution in [0.15, 0.2) is 24.3 Å². The summed E-state index contributed by atoms with van der Waals surface area (Å²) in [6, 6.07) is 8.39. The summed E-state index contributed by atoms with van der Waals surface area (Å²) in [6.45, 7) is 7.38. The van der Waals surface area contributed by atoms with Crippen LogP contribution in [-0.2, 0) is 11.2 Å². The largest absolute Gasteiger partial charge is 0.444 e. The number of likely N-dealkylation sites (tertiary alicyclic amines) is 1. The van der Waals surface area contributed by atoms with Gasteiger partial charge in [0.05, 0.1) is 5.54 Å². The summed E-state index contributed by atoms with van der Waals surface area (Å²) in [5.41, 5.74) is 1.90. The van der Waals surface area contributed by atoms with E-state index >= 15 is 0 Å². The third kappa shape index (κ3) is 2.92. The summed E-state index contributed by atoms with van der Waals surface area (Å²) in [5, 5.41) is 3.52. The molecule has 4 heteroatoms. The fraction of sp³-hybridized carbons (Fsp3) is 0.611. The first-order chi connectivity index (χ1) is 10.4. The second-order valence-corrected chi connectivity index (χ2v) is 7.50. The minimum atomic E-state index is -0.449. The van der Waals surface area contributed by atoms with E-state index in [-0.39, 0.29) is 11.6 Å². The van der Waals surface area contributed by atoms with E-state index in [1.807, 2.05) is 25.7 Å². The number of benzene rings is 1. The Morgan fingerprint density at radius 1 is 1.27 bits per heavy atom. The quantitative estimate of drug-likeness (QED) is 0.792. The van der Waals surface area contributed by atoms with Crippen molar-refractivity contribution in [3.8, 4) is 0 Å². The van der Waals surface area contributed by atoms with Crippen molar-refractivity contribution >= 4 is 11.8 Å². The lowest BCUT2D eigenvalue weighted by molar-refractivity contribution is -0.0132. The van der Waals surface area contributed by atoms with Crippen LogP contribution in [0.2, 0.25) is 0 Å². The smallest absolute Gasteiger partial charge is 0.410 e. The van der Waals surface area contributed by atoms with Crippen LogP contribution in [0.25, 0.3) is 0 Å². The third-order valence-electron chi connectivity index (χ3n) is 4.61. The Morgan fingerprint density at radius 3 is 2.82 bits per heavy atom. The molecule has 1 unspecified atom stereocenters. The van der Waals surface area contributed by atoms with E-state index < -0.39 is 5.60 Å². The molecule has 4 nitrogen and oxygen atoms in total. The Kier molecular flexibility index (Phi) is 3.79. The van der Waals surface area contributed by atoms with Crippen molar-refractivity contribution < 1.29 is 9.53 Å². The zero-order valence-electron chi connectivity index (χ0n) is 13.8. The van der Waals surface area contributed by atoms with Crippen LogP contribution < -0.4 is 5.32 Å². The molecular weight excluding hydrogens is 276 g/mol. The molecule has 1 amide bonds. The number of nitrogens with zero attached hydrogens (tertiary/aromatic N) is 1. The number of hydrogen-bond acceptors (Lipinski definition) is 3. The van der Waals surface area contributed by atoms with Gasteiger partial charge in [-0.3, -0.25) is 0 Å². The molecule has 2 aliphatic rings. The van der Waals surface area contributed by atoms with E-state index in [4.69, 9.17) is 4.74 Å². The molecule has 22 heavy (non-hydrogen) atoms. The molecule has 1 atom stereocenters. The first kappa shape index (κ1) is 15.2. The van der Waals surface area contributed by atoms with Crippen molar-refractivity contribution in [2.24, 2.45) is 0 Å². The normalized spacial score (nSPS) is 24.6. The molecule has 1 aromatic rings. The second kappa shape index (κ2) is 5.49. The van der Waals surface area contributed by atoms with Crippen molar-refractivity contribution in [3.63, 3.8) is 0 Å². The highest BCUT2D eigenvalue weighted by molar-refractivity contribution is 5.70. The van der Waals surface area contributed by atoms with Gasteiger partial charge in [0.2, 0.25) is 0 Å². The van der Waals surface area contributed by atoms with Gasteiger partial charge in [-0.2, -0.15) is 0 Å². The van der Waals surface area contributed by atoms with Crippen LogP contribution in [0, 0.1) is 0 Å². The van der Waals surface area contributed by atoms with Crippen molar-refractivity contribution in [1.29, 1.82) is 0 Å². The predicted octanol–water partition coefficient (Wildman–Crippen LogP) is 3.81. The number of amides is 1. The number of anilines is 1. The monoisotopic (exact) mass is 302 g/mol. The number of rotatable bonds is 0. The lowest BCUT2D eigenvalue weighted by Crippen LogP contribution is -2.61. The van der Waals surface area contributed by atoms with E-state index in [0.717, 1.165) is 32.4 Å². The van der Waals surface area contributed by atoms with E-state index in [0.29, 0.717) is 0 Å². The van der Waals surface area contributed by atoms with Crippen molar-refractivity contribution in [1.82, 2.24) is 4.90 Å². The van der Waals surface area contributed by atoms with Crippen LogP contribution >= 0.6 is 0 Å². The SMILES string of the molecule is CC(C)(C)OC(=O)N1CCCCC12CNc1ccccc1C2. The van der Waals surface area contributed by atoms with Gasteiger partial charge >= 0.3 is 6.09 Å². The summed E-state index contributed by atoms with van der Waals surface area (Å²) in [7, 11) is 0. The zero-order chi connectivity index (χ0) is 15.8. The maximum absolute atomic E-state index is 12.7. The van der Waals surface area contributed by atoms with E-state index in [1.54, 1.807) is 0 Å². The summed E-state index contributed by atoms with van der Waals surface area (Å²) in [4.78, 5) is 14.7. The maximum Gasteiger partial charge on any atom is 0.410 e. The minimum Gasteiger partial charge on any atom is -0.444 e. The molecule has 1 N–H and O–H groups in total. The number of carbonyl (C=O) groups excluding carboxylic acids is 1. The first-order valence-electron chi connectivity index (χ1n) is 8.22. The molecule has 1 fully saturated rings. The van der Waals surface area contributed by atoms with Crippen LogP contribution in [0.4, 0.5) is 10.5 Å². The Hall–Kier alpha value is -1.71. The number of para-hydroxylation sites is 1. The molecule has 0 bridgehead atoms. The molecule has 2 heterocycles. The van der Waals surface area contributed by atoms with Crippen LogP contribution in [0.1, 0.15) is 45.6 Å². The molecule has 0 saturated carbocycles. The van der Waals surface area contributed by atoms with Gasteiger partial charge in [-0.05, 0) is 58.1 Å². The first-order valence-corrected chi connectivity index (χ1v) is 8.22. The topological polar surface area (TPSA) is 41.6 Å². The molecule has 2 aliphatic heterocycles. The van der Waals surface area contributed by atoms with Gasteiger partial charge in [-0.25, -0.2) is 4.79 Å². The fourth-order valence-corrected chi connectivity index (χ4v) is 3.59. The van der Waals surface area contributed by atoms with Crippen molar-refractivity contribution in [3.05, 3.63) is 29.8 Å². The molecule has 0 aromatic heterocycles. The van der Waals surface area contributed by atoms with Gasteiger partial charge in [0.15, 0.2) is 0 Å². The van der Waals surface area contributed by atoms with E-state index in [2.05, 4.69) is 29.6 Å². The van der Waals surface area contributed by atoms with Crippen LogP contribution in [0.3, 0.4) is 0 Å². The molecular formula is C18H26N2O2. The second-order valence-electron chi connectivity index (χ2n) is 7.50. The Balaban J connectivity index is 1.85. The predicted molar refractivity (Wildman–Crippen MR) is 88.2 cm³/mol. The van der Waals surface area contributed by atoms with Gasteiger partial charge in [0.25, 0.3) is 0 Å². The highest BCUT2D eigenvalue weighted by Crippen LogP contribution is 2.38. The summed E-state index contributed by atoms with van der Waals surface area (Å²) >= 11 is 0. The number of fused-ring (bicyclic) bond motifs is 1. The van der Waals surface area contributed by atoms with Crippen molar-refractivity contribution in [2.45, 2.75) is 57.6 Å². The molecule has 0 aliphatic carbocycles. The Labute approximate surface area is 132 Å². The lowest BCUT2D eigenvalue weighted by atomic mass is 9.79. The highest BCUT2D eigenvalue weighted by atomic mass is 16.6. The van der Waals surface area contributed by atoms with Crippen LogP contribution in [0.5, 0.6) is 0 Å². The standard InChI is InChI=1S/C18H26N2O2/c1-17(2,3)22-16(21)20-11-7-6-10-18(20)12-14-8-4-5-9-15(14)19-13-18/h4-5,8-9,19H,6-7,10-13H2,1-3H3. The molecule has 120 valence electrons. The van der Waals surface area contributed by atoms with Gasteiger partial charge < -0.3 is 15.0 Å².